The molecule has 0 atom stereocenters. The van der Waals surface area contributed by atoms with E-state index >= 15 is 0 Å². The van der Waals surface area contributed by atoms with Crippen LogP contribution in [0.1, 0.15) is 6.92 Å². The number of benzene rings is 2. The van der Waals surface area contributed by atoms with Crippen molar-refractivity contribution < 1.29 is 17.7 Å². The average Bonchev–Trinajstić information content (AvgIpc) is 3.04. The van der Waals surface area contributed by atoms with Crippen molar-refractivity contribution in [1.29, 1.82) is 0 Å². The van der Waals surface area contributed by atoms with Crippen LogP contribution in [-0.2, 0) is 14.8 Å². The minimum atomic E-state index is -3.32. The van der Waals surface area contributed by atoms with Gasteiger partial charge < -0.3 is 9.84 Å². The monoisotopic (exact) mass is 372 g/mol. The predicted octanol–water partition coefficient (Wildman–Crippen LogP) is 2.73. The third kappa shape index (κ3) is 4.45. The molecule has 3 aromatic rings. The molecule has 134 valence electrons. The van der Waals surface area contributed by atoms with E-state index in [1.54, 1.807) is 48.5 Å². The normalized spacial score (nSPS) is 11.2. The summed E-state index contributed by atoms with van der Waals surface area (Å²) in [5.74, 6) is 0.580. The molecule has 1 amide bonds. The van der Waals surface area contributed by atoms with Crippen molar-refractivity contribution in [3.63, 3.8) is 0 Å². The number of amides is 1. The highest BCUT2D eigenvalue weighted by Gasteiger charge is 2.11. The lowest BCUT2D eigenvalue weighted by molar-refractivity contribution is -0.114. The molecule has 1 heterocycles. The predicted molar refractivity (Wildman–Crippen MR) is 97.9 cm³/mol. The van der Waals surface area contributed by atoms with Crippen molar-refractivity contribution in [3.05, 3.63) is 48.5 Å². The van der Waals surface area contributed by atoms with E-state index < -0.39 is 10.0 Å². The molecule has 0 saturated carbocycles. The summed E-state index contributed by atoms with van der Waals surface area (Å²) in [6, 6.07) is 13.6. The fourth-order valence-electron chi connectivity index (χ4n) is 2.26. The van der Waals surface area contributed by atoms with E-state index in [9.17, 15) is 13.2 Å². The molecule has 0 aliphatic rings. The molecule has 26 heavy (non-hydrogen) atoms. The summed E-state index contributed by atoms with van der Waals surface area (Å²) < 4.78 is 30.1. The Kier molecular flexibility index (Phi) is 4.72. The Hall–Kier alpha value is -3.20. The molecule has 0 saturated heterocycles. The minimum Gasteiger partial charge on any atom is -0.334 e. The highest BCUT2D eigenvalue weighted by Crippen LogP contribution is 2.24. The molecule has 2 aromatic carbocycles. The third-order valence-electron chi connectivity index (χ3n) is 3.32. The molecule has 1 aromatic heterocycles. The van der Waals surface area contributed by atoms with Crippen LogP contribution in [-0.4, -0.2) is 30.7 Å². The Morgan fingerprint density at radius 3 is 2.12 bits per heavy atom. The van der Waals surface area contributed by atoms with Crippen molar-refractivity contribution >= 4 is 27.3 Å². The lowest BCUT2D eigenvalue weighted by atomic mass is 10.2. The highest BCUT2D eigenvalue weighted by atomic mass is 32.2. The number of nitrogens with zero attached hydrogens (tertiary/aromatic N) is 2. The van der Waals surface area contributed by atoms with Gasteiger partial charge in [0.2, 0.25) is 21.8 Å². The zero-order valence-corrected chi connectivity index (χ0v) is 14.9. The van der Waals surface area contributed by atoms with E-state index in [0.29, 0.717) is 34.2 Å². The van der Waals surface area contributed by atoms with Gasteiger partial charge in [0.05, 0.1) is 6.26 Å². The Bertz CT molecular complexity index is 1030. The van der Waals surface area contributed by atoms with E-state index in [1.807, 2.05) is 0 Å². The first-order valence-electron chi connectivity index (χ1n) is 7.60. The first-order valence-corrected chi connectivity index (χ1v) is 9.49. The molecule has 3 rings (SSSR count). The Morgan fingerprint density at radius 2 is 1.54 bits per heavy atom. The highest BCUT2D eigenvalue weighted by molar-refractivity contribution is 7.92. The molecule has 0 unspecified atom stereocenters. The van der Waals surface area contributed by atoms with Crippen molar-refractivity contribution in [2.75, 3.05) is 16.3 Å². The van der Waals surface area contributed by atoms with Crippen LogP contribution in [0.3, 0.4) is 0 Å². The summed E-state index contributed by atoms with van der Waals surface area (Å²) in [4.78, 5) is 15.4. The van der Waals surface area contributed by atoms with Crippen molar-refractivity contribution in [1.82, 2.24) is 10.1 Å². The van der Waals surface area contributed by atoms with Crippen LogP contribution in [0.2, 0.25) is 0 Å². The summed E-state index contributed by atoms with van der Waals surface area (Å²) in [7, 11) is -3.32. The van der Waals surface area contributed by atoms with Crippen molar-refractivity contribution in [3.8, 4) is 22.8 Å². The standard InChI is InChI=1S/C17H16N4O4S/c1-11(22)18-14-7-5-13(6-8-14)17-19-16(20-25-17)12-3-9-15(10-4-12)21-26(2,23)24/h3-10,21H,1-2H3,(H,18,22). The largest absolute Gasteiger partial charge is 0.334 e. The van der Waals surface area contributed by atoms with E-state index in [-0.39, 0.29) is 5.91 Å². The number of carbonyl (C=O) groups excluding carboxylic acids is 1. The molecule has 9 heteroatoms. The van der Waals surface area contributed by atoms with Gasteiger partial charge in [-0.15, -0.1) is 0 Å². The Balaban J connectivity index is 1.78. The minimum absolute atomic E-state index is 0.147. The number of aromatic nitrogens is 2. The number of anilines is 2. The lowest BCUT2D eigenvalue weighted by Gasteiger charge is -2.03. The molecule has 0 aliphatic carbocycles. The van der Waals surface area contributed by atoms with E-state index in [1.165, 1.54) is 6.92 Å². The van der Waals surface area contributed by atoms with Crippen LogP contribution in [0.15, 0.2) is 53.1 Å². The Morgan fingerprint density at radius 1 is 0.962 bits per heavy atom. The van der Waals surface area contributed by atoms with Crippen LogP contribution >= 0.6 is 0 Å². The molecule has 0 radical (unpaired) electrons. The van der Waals surface area contributed by atoms with Gasteiger partial charge in [0.25, 0.3) is 5.89 Å². The summed E-state index contributed by atoms with van der Waals surface area (Å²) in [6.07, 6.45) is 1.09. The van der Waals surface area contributed by atoms with Crippen LogP contribution in [0.4, 0.5) is 11.4 Å². The third-order valence-corrected chi connectivity index (χ3v) is 3.93. The second-order valence-electron chi connectivity index (χ2n) is 5.63. The molecule has 0 fully saturated rings. The lowest BCUT2D eigenvalue weighted by Crippen LogP contribution is -2.09. The van der Waals surface area contributed by atoms with Gasteiger partial charge in [-0.2, -0.15) is 4.98 Å². The summed E-state index contributed by atoms with van der Waals surface area (Å²) in [5, 5.41) is 6.62. The molecular weight excluding hydrogens is 356 g/mol. The number of rotatable bonds is 5. The van der Waals surface area contributed by atoms with Gasteiger partial charge >= 0.3 is 0 Å². The molecule has 0 aliphatic heterocycles. The maximum absolute atomic E-state index is 11.2. The number of hydrogen-bond acceptors (Lipinski definition) is 6. The van der Waals surface area contributed by atoms with E-state index in [0.717, 1.165) is 6.26 Å². The second-order valence-corrected chi connectivity index (χ2v) is 7.38. The van der Waals surface area contributed by atoms with Gasteiger partial charge in [-0.3, -0.25) is 9.52 Å². The SMILES string of the molecule is CC(=O)Nc1ccc(-c2nc(-c3ccc(NS(C)(=O)=O)cc3)no2)cc1. The van der Waals surface area contributed by atoms with Gasteiger partial charge in [-0.05, 0) is 48.5 Å². The molecule has 0 bridgehead atoms. The van der Waals surface area contributed by atoms with E-state index in [2.05, 4.69) is 20.2 Å². The number of nitrogens with one attached hydrogen (secondary N) is 2. The maximum atomic E-state index is 11.2. The van der Waals surface area contributed by atoms with Gasteiger partial charge in [0.1, 0.15) is 0 Å². The number of hydrogen-bond donors (Lipinski definition) is 2. The average molecular weight is 372 g/mol. The van der Waals surface area contributed by atoms with Gasteiger partial charge in [0, 0.05) is 29.4 Å². The van der Waals surface area contributed by atoms with Crippen LogP contribution in [0, 0.1) is 0 Å². The zero-order chi connectivity index (χ0) is 18.7. The Labute approximate surface area is 150 Å². The van der Waals surface area contributed by atoms with Crippen LogP contribution in [0.5, 0.6) is 0 Å². The van der Waals surface area contributed by atoms with Crippen molar-refractivity contribution in [2.45, 2.75) is 6.92 Å². The quantitative estimate of drug-likeness (QED) is 0.712. The van der Waals surface area contributed by atoms with E-state index in [4.69, 9.17) is 4.52 Å². The second kappa shape index (κ2) is 6.96. The van der Waals surface area contributed by atoms with Crippen LogP contribution in [0.25, 0.3) is 22.8 Å². The van der Waals surface area contributed by atoms with Crippen LogP contribution < -0.4 is 10.0 Å². The summed E-state index contributed by atoms with van der Waals surface area (Å²) in [5.41, 5.74) is 2.53. The molecule has 8 nitrogen and oxygen atoms in total. The first-order chi connectivity index (χ1) is 12.3. The fourth-order valence-corrected chi connectivity index (χ4v) is 2.82. The summed E-state index contributed by atoms with van der Waals surface area (Å²) >= 11 is 0. The van der Waals surface area contributed by atoms with Gasteiger partial charge in [-0.1, -0.05) is 5.16 Å². The number of sulfonamides is 1. The molecule has 0 spiro atoms. The molecular formula is C17H16N4O4S. The zero-order valence-electron chi connectivity index (χ0n) is 14.1. The van der Waals surface area contributed by atoms with Gasteiger partial charge in [0.15, 0.2) is 0 Å². The topological polar surface area (TPSA) is 114 Å². The first kappa shape index (κ1) is 17.6. The summed E-state index contributed by atoms with van der Waals surface area (Å²) in [6.45, 7) is 1.44. The number of carbonyl (C=O) groups is 1. The smallest absolute Gasteiger partial charge is 0.258 e. The fraction of sp³-hybridized carbons (Fsp3) is 0.118. The van der Waals surface area contributed by atoms with Crippen molar-refractivity contribution in [2.24, 2.45) is 0 Å². The van der Waals surface area contributed by atoms with Gasteiger partial charge in [-0.25, -0.2) is 8.42 Å². The maximum Gasteiger partial charge on any atom is 0.258 e. The molecule has 2 N–H and O–H groups in total.